The van der Waals surface area contributed by atoms with E-state index in [1.807, 2.05) is 182 Å². The first-order valence-corrected chi connectivity index (χ1v) is 22.3. The zero-order valence-corrected chi connectivity index (χ0v) is 36.3. The summed E-state index contributed by atoms with van der Waals surface area (Å²) in [6, 6.07) is 59.0. The molecule has 6 aromatic carbocycles. The first-order valence-electron chi connectivity index (χ1n) is 22.3. The van der Waals surface area contributed by atoms with Crippen LogP contribution in [-0.2, 0) is 82.3 Å². The van der Waals surface area contributed by atoms with Crippen molar-refractivity contribution in [3.8, 4) is 0 Å². The fourth-order valence-corrected chi connectivity index (χ4v) is 8.04. The first-order chi connectivity index (χ1) is 32.1. The summed E-state index contributed by atoms with van der Waals surface area (Å²) in [5.41, 5.74) is 5.63. The molecule has 0 spiro atoms. The lowest BCUT2D eigenvalue weighted by molar-refractivity contribution is -0.375. The molecule has 2 aliphatic heterocycles. The number of rotatable bonds is 22. The summed E-state index contributed by atoms with van der Waals surface area (Å²) in [4.78, 5) is 0. The molecule has 6 unspecified atom stereocenters. The van der Waals surface area contributed by atoms with E-state index in [9.17, 15) is 10.2 Å². The molecule has 65 heavy (non-hydrogen) atoms. The lowest BCUT2D eigenvalue weighted by Gasteiger charge is -2.49. The van der Waals surface area contributed by atoms with Gasteiger partial charge in [-0.25, -0.2) is 0 Å². The van der Waals surface area contributed by atoms with Crippen LogP contribution in [0, 0.1) is 0 Å². The summed E-state index contributed by atoms with van der Waals surface area (Å²) in [5.74, 6) is 0. The number of hydrogen-bond acceptors (Lipinski definition) is 11. The third-order valence-corrected chi connectivity index (χ3v) is 11.5. The maximum atomic E-state index is 11.8. The summed E-state index contributed by atoms with van der Waals surface area (Å²) >= 11 is 0. The molecule has 0 saturated carbocycles. The largest absolute Gasteiger partial charge is 0.394 e. The Morgan fingerprint density at radius 2 is 0.692 bits per heavy atom. The summed E-state index contributed by atoms with van der Waals surface area (Å²) in [7, 11) is 0. The Balaban J connectivity index is 1.16. The second-order valence-electron chi connectivity index (χ2n) is 16.2. The Morgan fingerprint density at radius 3 is 1.11 bits per heavy atom. The van der Waals surface area contributed by atoms with Crippen LogP contribution in [0.15, 0.2) is 182 Å². The van der Waals surface area contributed by atoms with Crippen LogP contribution in [0.2, 0.25) is 0 Å². The van der Waals surface area contributed by atoms with E-state index in [1.54, 1.807) is 0 Å². The minimum Gasteiger partial charge on any atom is -0.394 e. The number of aliphatic hydroxyl groups excluding tert-OH is 2. The lowest BCUT2D eigenvalue weighted by atomic mass is 9.96. The molecule has 2 N–H and O–H groups in total. The van der Waals surface area contributed by atoms with Gasteiger partial charge >= 0.3 is 0 Å². The molecule has 10 atom stereocenters. The summed E-state index contributed by atoms with van der Waals surface area (Å²) in [6.45, 7) is 0.876. The Morgan fingerprint density at radius 1 is 0.354 bits per heavy atom. The molecule has 2 aliphatic rings. The van der Waals surface area contributed by atoms with Crippen molar-refractivity contribution in [2.24, 2.45) is 0 Å². The standard InChI is InChI=1S/C54H58O11/c55-31-45-47(56)49(58-33-40-21-9-2-10-22-40)51(60-35-42-25-13-4-14-26-42)54(63-45)65-48-46(38-57-32-39-19-7-1-8-20-39)64-53(62-37-44-29-17-6-18-30-44)52(61-36-43-27-15-5-16-28-43)50(48)59-34-41-23-11-3-12-24-41/h1-30,45-56H,31-38H2/t45?,46?,47-,48-,49?,50?,51?,52?,53-,54-/m1/s1. The van der Waals surface area contributed by atoms with Crippen molar-refractivity contribution in [3.05, 3.63) is 215 Å². The lowest BCUT2D eigenvalue weighted by Crippen LogP contribution is -2.66. The van der Waals surface area contributed by atoms with Crippen LogP contribution < -0.4 is 0 Å². The number of hydrogen-bond donors (Lipinski definition) is 2. The molecule has 0 radical (unpaired) electrons. The predicted octanol–water partition coefficient (Wildman–Crippen LogP) is 7.95. The molecule has 0 amide bonds. The van der Waals surface area contributed by atoms with Gasteiger partial charge in [-0.2, -0.15) is 0 Å². The number of ether oxygens (including phenoxy) is 9. The van der Waals surface area contributed by atoms with E-state index in [0.29, 0.717) is 6.61 Å². The van der Waals surface area contributed by atoms with Crippen molar-refractivity contribution < 1.29 is 52.8 Å². The Bertz CT molecular complexity index is 2210. The molecule has 0 aromatic heterocycles. The summed E-state index contributed by atoms with van der Waals surface area (Å²) in [6.07, 6.45) is -9.89. The summed E-state index contributed by atoms with van der Waals surface area (Å²) < 4.78 is 60.8. The van der Waals surface area contributed by atoms with Gasteiger partial charge in [0.15, 0.2) is 12.6 Å². The fraction of sp³-hybridized carbons (Fsp3) is 0.333. The van der Waals surface area contributed by atoms with E-state index in [1.165, 1.54) is 0 Å². The van der Waals surface area contributed by atoms with Gasteiger partial charge in [0.2, 0.25) is 0 Å². The Kier molecular flexibility index (Phi) is 17.4. The fourth-order valence-electron chi connectivity index (χ4n) is 8.04. The predicted molar refractivity (Wildman–Crippen MR) is 243 cm³/mol. The molecular formula is C54H58O11. The molecule has 6 aromatic rings. The zero-order chi connectivity index (χ0) is 44.5. The Labute approximate surface area is 381 Å². The van der Waals surface area contributed by atoms with Crippen molar-refractivity contribution in [1.82, 2.24) is 0 Å². The van der Waals surface area contributed by atoms with E-state index in [4.69, 9.17) is 42.6 Å². The van der Waals surface area contributed by atoms with Gasteiger partial charge in [-0.05, 0) is 33.4 Å². The highest BCUT2D eigenvalue weighted by molar-refractivity contribution is 5.18. The number of benzene rings is 6. The van der Waals surface area contributed by atoms with Gasteiger partial charge in [-0.3, -0.25) is 0 Å². The van der Waals surface area contributed by atoms with Crippen molar-refractivity contribution in [2.75, 3.05) is 13.2 Å². The quantitative estimate of drug-likeness (QED) is 0.0691. The zero-order valence-electron chi connectivity index (χ0n) is 36.3. The average Bonchev–Trinajstić information content (AvgIpc) is 3.36. The van der Waals surface area contributed by atoms with Gasteiger partial charge in [-0.15, -0.1) is 0 Å². The van der Waals surface area contributed by atoms with E-state index in [-0.39, 0.29) is 39.6 Å². The monoisotopic (exact) mass is 882 g/mol. The van der Waals surface area contributed by atoms with Crippen molar-refractivity contribution in [1.29, 1.82) is 0 Å². The van der Waals surface area contributed by atoms with Crippen molar-refractivity contribution in [2.45, 2.75) is 101 Å². The third-order valence-electron chi connectivity index (χ3n) is 11.5. The minimum atomic E-state index is -1.26. The maximum absolute atomic E-state index is 11.8. The van der Waals surface area contributed by atoms with E-state index >= 15 is 0 Å². The van der Waals surface area contributed by atoms with Crippen LogP contribution in [-0.4, -0.2) is 84.8 Å². The van der Waals surface area contributed by atoms with E-state index in [0.717, 1.165) is 33.4 Å². The molecule has 11 nitrogen and oxygen atoms in total. The smallest absolute Gasteiger partial charge is 0.187 e. The van der Waals surface area contributed by atoms with Crippen LogP contribution in [0.5, 0.6) is 0 Å². The second-order valence-corrected chi connectivity index (χ2v) is 16.2. The van der Waals surface area contributed by atoms with Gasteiger partial charge in [0.25, 0.3) is 0 Å². The van der Waals surface area contributed by atoms with Gasteiger partial charge in [-0.1, -0.05) is 182 Å². The highest BCUT2D eigenvalue weighted by Crippen LogP contribution is 2.36. The molecular weight excluding hydrogens is 825 g/mol. The molecule has 340 valence electrons. The van der Waals surface area contributed by atoms with Crippen LogP contribution in [0.1, 0.15) is 33.4 Å². The maximum Gasteiger partial charge on any atom is 0.187 e. The number of aliphatic hydroxyl groups is 2. The van der Waals surface area contributed by atoms with Gasteiger partial charge in [0, 0.05) is 0 Å². The van der Waals surface area contributed by atoms with E-state index in [2.05, 4.69) is 0 Å². The van der Waals surface area contributed by atoms with Crippen molar-refractivity contribution >= 4 is 0 Å². The highest BCUT2D eigenvalue weighted by Gasteiger charge is 2.54. The van der Waals surface area contributed by atoms with Crippen molar-refractivity contribution in [3.63, 3.8) is 0 Å². The first kappa shape index (κ1) is 46.4. The normalized spacial score (nSPS) is 25.6. The van der Waals surface area contributed by atoms with E-state index < -0.39 is 68.0 Å². The van der Waals surface area contributed by atoms with Crippen LogP contribution in [0.3, 0.4) is 0 Å². The van der Waals surface area contributed by atoms with Crippen LogP contribution in [0.25, 0.3) is 0 Å². The van der Waals surface area contributed by atoms with Crippen LogP contribution >= 0.6 is 0 Å². The molecule has 11 heteroatoms. The highest BCUT2D eigenvalue weighted by atomic mass is 16.8. The SMILES string of the molecule is OCC1O[C@H](O[C@@H]2C(COCc3ccccc3)O[C@@H](OCc3ccccc3)C(OCc3ccccc3)C2OCc2ccccc2)C(OCc2ccccc2)C(OCc2ccccc2)[C@@H]1O. The minimum absolute atomic E-state index is 0.0730. The van der Waals surface area contributed by atoms with Gasteiger partial charge < -0.3 is 52.8 Å². The average molecular weight is 883 g/mol. The second kappa shape index (κ2) is 24.4. The molecule has 2 saturated heterocycles. The molecule has 0 bridgehead atoms. The molecule has 2 heterocycles. The molecule has 2 fully saturated rings. The molecule has 0 aliphatic carbocycles. The van der Waals surface area contributed by atoms with Gasteiger partial charge in [0.05, 0.1) is 52.9 Å². The van der Waals surface area contributed by atoms with Gasteiger partial charge in [0.1, 0.15) is 48.8 Å². The third kappa shape index (κ3) is 13.3. The summed E-state index contributed by atoms with van der Waals surface area (Å²) in [5, 5.41) is 22.5. The topological polar surface area (TPSA) is 124 Å². The molecule has 8 rings (SSSR count). The Hall–Kier alpha value is -5.12. The van der Waals surface area contributed by atoms with Crippen LogP contribution in [0.4, 0.5) is 0 Å².